The van der Waals surface area contributed by atoms with Crippen LogP contribution in [0.25, 0.3) is 21.3 Å². The number of hydrogen-bond acceptors (Lipinski definition) is 4. The third kappa shape index (κ3) is 3.63. The summed E-state index contributed by atoms with van der Waals surface area (Å²) in [5.41, 5.74) is 4.84. The van der Waals surface area contributed by atoms with Crippen molar-refractivity contribution in [3.05, 3.63) is 76.3 Å². The molecule has 0 aliphatic carbocycles. The number of benzene rings is 2. The van der Waals surface area contributed by atoms with Gasteiger partial charge in [-0.3, -0.25) is 0 Å². The van der Waals surface area contributed by atoms with Gasteiger partial charge >= 0.3 is 0 Å². The fraction of sp³-hybridized carbons (Fsp3) is 0.143. The second-order valence-corrected chi connectivity index (χ2v) is 8.11. The predicted molar refractivity (Wildman–Crippen MR) is 113 cm³/mol. The van der Waals surface area contributed by atoms with Gasteiger partial charge in [0.05, 0.1) is 5.39 Å². The summed E-state index contributed by atoms with van der Waals surface area (Å²) >= 11 is 9.77. The normalized spacial score (nSPS) is 11.2. The van der Waals surface area contributed by atoms with Crippen LogP contribution in [0.1, 0.15) is 18.1 Å². The molecule has 0 fully saturated rings. The molecule has 0 saturated heterocycles. The first kappa shape index (κ1) is 17.5. The molecule has 2 nitrogen and oxygen atoms in total. The van der Waals surface area contributed by atoms with E-state index in [0.717, 1.165) is 38.7 Å². The molecule has 0 aliphatic heterocycles. The summed E-state index contributed by atoms with van der Waals surface area (Å²) in [5, 5.41) is 4.32. The zero-order valence-corrected chi connectivity index (χ0v) is 16.7. The smallest absolute Gasteiger partial charge is 0.190 e. The topological polar surface area (TPSA) is 25.8 Å². The highest BCUT2D eigenvalue weighted by molar-refractivity contribution is 7.98. The van der Waals surface area contributed by atoms with E-state index >= 15 is 0 Å². The van der Waals surface area contributed by atoms with Crippen molar-refractivity contribution in [2.45, 2.75) is 24.3 Å². The van der Waals surface area contributed by atoms with E-state index in [0.29, 0.717) is 5.15 Å². The fourth-order valence-electron chi connectivity index (χ4n) is 2.80. The molecular formula is C21H17ClN2S2. The maximum absolute atomic E-state index is 6.54. The van der Waals surface area contributed by atoms with Gasteiger partial charge in [-0.2, -0.15) is 0 Å². The van der Waals surface area contributed by atoms with Gasteiger partial charge in [-0.05, 0) is 23.1 Å². The lowest BCUT2D eigenvalue weighted by molar-refractivity contribution is 1.01. The summed E-state index contributed by atoms with van der Waals surface area (Å²) in [7, 11) is 0. The zero-order chi connectivity index (χ0) is 17.9. The number of hydrogen-bond donors (Lipinski definition) is 0. The van der Waals surface area contributed by atoms with E-state index in [9.17, 15) is 0 Å². The number of rotatable bonds is 5. The van der Waals surface area contributed by atoms with Crippen LogP contribution in [0.15, 0.2) is 65.1 Å². The molecule has 0 radical (unpaired) electrons. The molecule has 5 heteroatoms. The molecule has 26 heavy (non-hydrogen) atoms. The lowest BCUT2D eigenvalue weighted by atomic mass is 10.0. The Hall–Kier alpha value is -1.88. The minimum atomic E-state index is 0.529. The number of thioether (sulfide) groups is 1. The van der Waals surface area contributed by atoms with E-state index in [2.05, 4.69) is 53.7 Å². The van der Waals surface area contributed by atoms with Crippen LogP contribution in [-0.4, -0.2) is 9.97 Å². The fourth-order valence-corrected chi connectivity index (χ4v) is 4.98. The lowest BCUT2D eigenvalue weighted by Gasteiger charge is -2.05. The van der Waals surface area contributed by atoms with Crippen molar-refractivity contribution in [2.24, 2.45) is 0 Å². The summed E-state index contributed by atoms with van der Waals surface area (Å²) in [6.07, 6.45) is 1.04. The van der Waals surface area contributed by atoms with Crippen molar-refractivity contribution in [1.29, 1.82) is 0 Å². The van der Waals surface area contributed by atoms with Gasteiger partial charge in [-0.15, -0.1) is 11.3 Å². The number of thiophene rings is 1. The van der Waals surface area contributed by atoms with Gasteiger partial charge in [0.1, 0.15) is 9.98 Å². The molecule has 4 rings (SSSR count). The average Bonchev–Trinajstić information content (AvgIpc) is 3.12. The van der Waals surface area contributed by atoms with Crippen LogP contribution < -0.4 is 0 Å². The van der Waals surface area contributed by atoms with E-state index in [1.807, 2.05) is 18.2 Å². The Kier molecular flexibility index (Phi) is 5.25. The van der Waals surface area contributed by atoms with Crippen molar-refractivity contribution in [1.82, 2.24) is 9.97 Å². The van der Waals surface area contributed by atoms with Gasteiger partial charge in [0.2, 0.25) is 0 Å². The van der Waals surface area contributed by atoms with Gasteiger partial charge in [0, 0.05) is 16.7 Å². The third-order valence-corrected chi connectivity index (χ3v) is 6.32. The van der Waals surface area contributed by atoms with Crippen molar-refractivity contribution >= 4 is 44.9 Å². The molecule has 4 aromatic rings. The molecular weight excluding hydrogens is 380 g/mol. The van der Waals surface area contributed by atoms with Crippen molar-refractivity contribution in [3.63, 3.8) is 0 Å². The van der Waals surface area contributed by atoms with Crippen LogP contribution in [0.5, 0.6) is 0 Å². The van der Waals surface area contributed by atoms with E-state index in [-0.39, 0.29) is 0 Å². The van der Waals surface area contributed by atoms with E-state index in [4.69, 9.17) is 16.6 Å². The summed E-state index contributed by atoms with van der Waals surface area (Å²) in [4.78, 5) is 10.2. The highest BCUT2D eigenvalue weighted by Crippen LogP contribution is 2.38. The first-order valence-electron chi connectivity index (χ1n) is 8.45. The van der Waals surface area contributed by atoms with Gasteiger partial charge in [-0.1, -0.05) is 84.9 Å². The molecule has 0 unspecified atom stereocenters. The standard InChI is InChI=1S/C21H17ClN2S2/c1-2-14-8-10-16(11-9-14)17-13-25-20-18(17)19(22)23-21(24-20)26-12-15-6-4-3-5-7-15/h3-11,13H,2,12H2,1H3. The highest BCUT2D eigenvalue weighted by atomic mass is 35.5. The van der Waals surface area contributed by atoms with Gasteiger partial charge < -0.3 is 0 Å². The molecule has 2 aromatic heterocycles. The maximum Gasteiger partial charge on any atom is 0.190 e. The van der Waals surface area contributed by atoms with Crippen molar-refractivity contribution < 1.29 is 0 Å². The summed E-state index contributed by atoms with van der Waals surface area (Å²) < 4.78 is 0. The van der Waals surface area contributed by atoms with Crippen LogP contribution in [-0.2, 0) is 12.2 Å². The maximum atomic E-state index is 6.54. The second-order valence-electron chi connectivity index (χ2n) is 5.95. The highest BCUT2D eigenvalue weighted by Gasteiger charge is 2.14. The average molecular weight is 397 g/mol. The Morgan fingerprint density at radius 2 is 1.73 bits per heavy atom. The summed E-state index contributed by atoms with van der Waals surface area (Å²) in [5.74, 6) is 0.833. The van der Waals surface area contributed by atoms with Crippen LogP contribution in [0.2, 0.25) is 5.15 Å². The van der Waals surface area contributed by atoms with Crippen LogP contribution in [0, 0.1) is 0 Å². The largest absolute Gasteiger partial charge is 0.211 e. The molecule has 0 N–H and O–H groups in total. The molecule has 0 bridgehead atoms. The Labute approximate surface area is 166 Å². The zero-order valence-electron chi connectivity index (χ0n) is 14.3. The van der Waals surface area contributed by atoms with E-state index < -0.39 is 0 Å². The van der Waals surface area contributed by atoms with Crippen LogP contribution in [0.3, 0.4) is 0 Å². The van der Waals surface area contributed by atoms with E-state index in [1.165, 1.54) is 11.1 Å². The molecule has 0 spiro atoms. The van der Waals surface area contributed by atoms with Crippen LogP contribution >= 0.6 is 34.7 Å². The van der Waals surface area contributed by atoms with Crippen molar-refractivity contribution in [2.75, 3.05) is 0 Å². The first-order chi connectivity index (χ1) is 12.7. The summed E-state index contributed by atoms with van der Waals surface area (Å²) in [6.45, 7) is 2.16. The SMILES string of the molecule is CCc1ccc(-c2csc3nc(SCc4ccccc4)nc(Cl)c23)cc1. The molecule has 0 amide bonds. The number of aryl methyl sites for hydroxylation is 1. The van der Waals surface area contributed by atoms with Crippen LogP contribution in [0.4, 0.5) is 0 Å². The lowest BCUT2D eigenvalue weighted by Crippen LogP contribution is -1.90. The predicted octanol–water partition coefficient (Wildman–Crippen LogP) is 6.87. The van der Waals surface area contributed by atoms with Gasteiger partial charge in [0.25, 0.3) is 0 Å². The minimum Gasteiger partial charge on any atom is -0.211 e. The van der Waals surface area contributed by atoms with Crippen molar-refractivity contribution in [3.8, 4) is 11.1 Å². The Balaban J connectivity index is 1.64. The minimum absolute atomic E-state index is 0.529. The van der Waals surface area contributed by atoms with Gasteiger partial charge in [0.15, 0.2) is 5.16 Å². The molecule has 0 saturated carbocycles. The third-order valence-electron chi connectivity index (χ3n) is 4.25. The number of nitrogens with zero attached hydrogens (tertiary/aromatic N) is 2. The monoisotopic (exact) mass is 396 g/mol. The first-order valence-corrected chi connectivity index (χ1v) is 10.7. The molecule has 2 aromatic carbocycles. The number of fused-ring (bicyclic) bond motifs is 1. The molecule has 0 atom stereocenters. The Morgan fingerprint density at radius 3 is 2.46 bits per heavy atom. The molecule has 130 valence electrons. The van der Waals surface area contributed by atoms with Gasteiger partial charge in [-0.25, -0.2) is 9.97 Å². The quantitative estimate of drug-likeness (QED) is 0.209. The summed E-state index contributed by atoms with van der Waals surface area (Å²) in [6, 6.07) is 18.9. The molecule has 2 heterocycles. The number of aromatic nitrogens is 2. The van der Waals surface area contributed by atoms with E-state index in [1.54, 1.807) is 23.1 Å². The Morgan fingerprint density at radius 1 is 0.962 bits per heavy atom. The second kappa shape index (κ2) is 7.78. The Bertz CT molecular complexity index is 1030. The number of halogens is 1. The molecule has 0 aliphatic rings.